The van der Waals surface area contributed by atoms with Crippen LogP contribution in [0.25, 0.3) is 0 Å². The van der Waals surface area contributed by atoms with E-state index >= 15 is 0 Å². The average Bonchev–Trinajstić information content (AvgIpc) is 2.36. The zero-order valence-corrected chi connectivity index (χ0v) is 12.2. The van der Waals surface area contributed by atoms with E-state index in [1.54, 1.807) is 0 Å². The predicted octanol–water partition coefficient (Wildman–Crippen LogP) is 2.87. The zero-order chi connectivity index (χ0) is 16.2. The third kappa shape index (κ3) is 5.00. The minimum Gasteiger partial charge on any atom is -0.342 e. The van der Waals surface area contributed by atoms with Gasteiger partial charge in [0, 0.05) is 13.6 Å². The van der Waals surface area contributed by atoms with Gasteiger partial charge in [0.25, 0.3) is 5.91 Å². The summed E-state index contributed by atoms with van der Waals surface area (Å²) in [6.07, 6.45) is -3.96. The number of hydrogen-bond donors (Lipinski definition) is 0. The molecule has 21 heavy (non-hydrogen) atoms. The van der Waals surface area contributed by atoms with Crippen molar-refractivity contribution in [3.8, 4) is 0 Å². The van der Waals surface area contributed by atoms with Gasteiger partial charge in [0.15, 0.2) is 0 Å². The first kappa shape index (κ1) is 17.4. The van der Waals surface area contributed by atoms with Gasteiger partial charge in [-0.05, 0) is 45.3 Å². The molecule has 0 fully saturated rings. The lowest BCUT2D eigenvalue weighted by molar-refractivity contribution is -0.137. The summed E-state index contributed by atoms with van der Waals surface area (Å²) in [7, 11) is 5.18. The number of carbonyl (C=O) groups is 1. The van der Waals surface area contributed by atoms with Gasteiger partial charge >= 0.3 is 6.18 Å². The first-order valence-electron chi connectivity index (χ1n) is 6.40. The van der Waals surface area contributed by atoms with E-state index in [-0.39, 0.29) is 0 Å². The molecule has 0 aromatic heterocycles. The van der Waals surface area contributed by atoms with Crippen LogP contribution in [0.5, 0.6) is 0 Å². The molecule has 0 radical (unpaired) electrons. The number of halogens is 4. The van der Waals surface area contributed by atoms with Gasteiger partial charge in [0.1, 0.15) is 5.82 Å². The van der Waals surface area contributed by atoms with Crippen molar-refractivity contribution >= 4 is 5.91 Å². The average molecular weight is 306 g/mol. The summed E-state index contributed by atoms with van der Waals surface area (Å²) in [6.45, 7) is 1.06. The lowest BCUT2D eigenvalue weighted by Gasteiger charge is -2.19. The standard InChI is InChI=1S/C14H18F4N2O/c1-19(2)7-4-8-20(3)13(21)11-9-10(14(16,17)18)5-6-12(11)15/h5-6,9H,4,7-8H2,1-3H3. The fourth-order valence-electron chi connectivity index (χ4n) is 1.80. The molecule has 1 amide bonds. The summed E-state index contributed by atoms with van der Waals surface area (Å²) in [4.78, 5) is 15.2. The van der Waals surface area contributed by atoms with Crippen LogP contribution in [0.1, 0.15) is 22.3 Å². The molecule has 0 aliphatic carbocycles. The molecule has 0 saturated heterocycles. The van der Waals surface area contributed by atoms with Gasteiger partial charge in [-0.15, -0.1) is 0 Å². The Hall–Kier alpha value is -1.63. The number of carbonyl (C=O) groups excluding carboxylic acids is 1. The second-order valence-corrected chi connectivity index (χ2v) is 5.08. The van der Waals surface area contributed by atoms with E-state index in [9.17, 15) is 22.4 Å². The SMILES string of the molecule is CN(C)CCCN(C)C(=O)c1cc(C(F)(F)F)ccc1F. The second kappa shape index (κ2) is 6.89. The Morgan fingerprint density at radius 2 is 1.76 bits per heavy atom. The lowest BCUT2D eigenvalue weighted by atomic mass is 10.1. The van der Waals surface area contributed by atoms with Crippen molar-refractivity contribution in [3.05, 3.63) is 35.1 Å². The minimum absolute atomic E-state index is 0.340. The molecule has 1 aromatic rings. The van der Waals surface area contributed by atoms with Crippen molar-refractivity contribution in [2.24, 2.45) is 0 Å². The molecule has 1 rings (SSSR count). The van der Waals surface area contributed by atoms with E-state index in [1.807, 2.05) is 19.0 Å². The molecule has 0 aliphatic rings. The van der Waals surface area contributed by atoms with Crippen molar-refractivity contribution in [1.82, 2.24) is 9.80 Å². The number of alkyl halides is 3. The summed E-state index contributed by atoms with van der Waals surface area (Å²) in [5.74, 6) is -1.70. The first-order valence-corrected chi connectivity index (χ1v) is 6.40. The summed E-state index contributed by atoms with van der Waals surface area (Å²) >= 11 is 0. The van der Waals surface area contributed by atoms with Crippen molar-refractivity contribution in [2.45, 2.75) is 12.6 Å². The molecule has 7 heteroatoms. The molecule has 0 aliphatic heterocycles. The number of benzene rings is 1. The maximum Gasteiger partial charge on any atom is 0.416 e. The van der Waals surface area contributed by atoms with Crippen LogP contribution >= 0.6 is 0 Å². The molecule has 118 valence electrons. The fraction of sp³-hybridized carbons (Fsp3) is 0.500. The molecular formula is C14H18F4N2O. The van der Waals surface area contributed by atoms with E-state index in [4.69, 9.17) is 0 Å². The Morgan fingerprint density at radius 3 is 2.29 bits per heavy atom. The maximum atomic E-state index is 13.6. The van der Waals surface area contributed by atoms with Crippen molar-refractivity contribution in [1.29, 1.82) is 0 Å². The van der Waals surface area contributed by atoms with Gasteiger partial charge in [-0.3, -0.25) is 4.79 Å². The highest BCUT2D eigenvalue weighted by Crippen LogP contribution is 2.30. The van der Waals surface area contributed by atoms with Crippen molar-refractivity contribution in [2.75, 3.05) is 34.2 Å². The molecule has 1 aromatic carbocycles. The Bertz CT molecular complexity index is 500. The van der Waals surface area contributed by atoms with Gasteiger partial charge in [-0.2, -0.15) is 13.2 Å². The fourth-order valence-corrected chi connectivity index (χ4v) is 1.80. The van der Waals surface area contributed by atoms with E-state index in [2.05, 4.69) is 0 Å². The number of nitrogens with zero attached hydrogens (tertiary/aromatic N) is 2. The third-order valence-electron chi connectivity index (χ3n) is 2.97. The van der Waals surface area contributed by atoms with E-state index in [0.717, 1.165) is 6.54 Å². The van der Waals surface area contributed by atoms with Crippen LogP contribution in [0.2, 0.25) is 0 Å². The topological polar surface area (TPSA) is 23.6 Å². The minimum atomic E-state index is -4.60. The summed E-state index contributed by atoms with van der Waals surface area (Å²) < 4.78 is 51.4. The normalized spacial score (nSPS) is 11.8. The Labute approximate surface area is 121 Å². The van der Waals surface area contributed by atoms with E-state index < -0.39 is 29.0 Å². The maximum absolute atomic E-state index is 13.6. The quantitative estimate of drug-likeness (QED) is 0.781. The molecule has 0 atom stereocenters. The molecule has 0 heterocycles. The number of rotatable bonds is 5. The van der Waals surface area contributed by atoms with E-state index in [0.29, 0.717) is 31.2 Å². The van der Waals surface area contributed by atoms with Crippen molar-refractivity contribution < 1.29 is 22.4 Å². The van der Waals surface area contributed by atoms with Crippen LogP contribution in [-0.2, 0) is 6.18 Å². The van der Waals surface area contributed by atoms with Crippen LogP contribution in [0.15, 0.2) is 18.2 Å². The highest BCUT2D eigenvalue weighted by atomic mass is 19.4. The monoisotopic (exact) mass is 306 g/mol. The van der Waals surface area contributed by atoms with Crippen LogP contribution in [-0.4, -0.2) is 49.9 Å². The molecule has 0 unspecified atom stereocenters. The van der Waals surface area contributed by atoms with Gasteiger partial charge in [-0.1, -0.05) is 0 Å². The zero-order valence-electron chi connectivity index (χ0n) is 12.2. The molecule has 0 saturated carbocycles. The predicted molar refractivity (Wildman–Crippen MR) is 71.5 cm³/mol. The van der Waals surface area contributed by atoms with Crippen molar-refractivity contribution in [3.63, 3.8) is 0 Å². The highest BCUT2D eigenvalue weighted by Gasteiger charge is 2.32. The lowest BCUT2D eigenvalue weighted by Crippen LogP contribution is -2.30. The third-order valence-corrected chi connectivity index (χ3v) is 2.97. The molecule has 0 spiro atoms. The van der Waals surface area contributed by atoms with Crippen LogP contribution in [0, 0.1) is 5.82 Å². The summed E-state index contributed by atoms with van der Waals surface area (Å²) in [5, 5.41) is 0. The molecule has 0 N–H and O–H groups in total. The van der Waals surface area contributed by atoms with Crippen LogP contribution in [0.4, 0.5) is 17.6 Å². The molecule has 3 nitrogen and oxygen atoms in total. The highest BCUT2D eigenvalue weighted by molar-refractivity contribution is 5.94. The van der Waals surface area contributed by atoms with Crippen LogP contribution < -0.4 is 0 Å². The summed E-state index contributed by atoms with van der Waals surface area (Å²) in [6, 6.07) is 1.85. The number of amides is 1. The smallest absolute Gasteiger partial charge is 0.342 e. The molecule has 0 bridgehead atoms. The van der Waals surface area contributed by atoms with E-state index in [1.165, 1.54) is 11.9 Å². The Kier molecular flexibility index (Phi) is 5.71. The van der Waals surface area contributed by atoms with Gasteiger partial charge in [-0.25, -0.2) is 4.39 Å². The molecular weight excluding hydrogens is 288 g/mol. The van der Waals surface area contributed by atoms with Gasteiger partial charge in [0.2, 0.25) is 0 Å². The largest absolute Gasteiger partial charge is 0.416 e. The van der Waals surface area contributed by atoms with Crippen LogP contribution in [0.3, 0.4) is 0 Å². The number of hydrogen-bond acceptors (Lipinski definition) is 2. The first-order chi connectivity index (χ1) is 9.62. The van der Waals surface area contributed by atoms with Gasteiger partial charge in [0.05, 0.1) is 11.1 Å². The summed E-state index contributed by atoms with van der Waals surface area (Å²) in [5.41, 5.74) is -1.59. The second-order valence-electron chi connectivity index (χ2n) is 5.08. The Balaban J connectivity index is 2.86. The van der Waals surface area contributed by atoms with Gasteiger partial charge < -0.3 is 9.80 Å². The Morgan fingerprint density at radius 1 is 1.14 bits per heavy atom.